The quantitative estimate of drug-likeness (QED) is 0.697. The maximum absolute atomic E-state index is 13.0. The number of fused-ring (bicyclic) bond motifs is 1. The average Bonchev–Trinajstić information content (AvgIpc) is 3.06. The molecule has 1 aliphatic rings. The predicted octanol–water partition coefficient (Wildman–Crippen LogP) is 2.85. The number of aryl methyl sites for hydroxylation is 2. The van der Waals surface area contributed by atoms with Crippen molar-refractivity contribution in [3.63, 3.8) is 0 Å². The zero-order chi connectivity index (χ0) is 19.7. The van der Waals surface area contributed by atoms with Crippen molar-refractivity contribution in [3.8, 4) is 5.75 Å². The number of rotatable bonds is 4. The van der Waals surface area contributed by atoms with Gasteiger partial charge in [-0.25, -0.2) is 14.6 Å². The summed E-state index contributed by atoms with van der Waals surface area (Å²) < 4.78 is 7.63. The molecule has 2 aromatic heterocycles. The van der Waals surface area contributed by atoms with Crippen molar-refractivity contribution in [2.75, 3.05) is 13.1 Å². The van der Waals surface area contributed by atoms with Crippen molar-refractivity contribution >= 4 is 17.1 Å². The van der Waals surface area contributed by atoms with Gasteiger partial charge >= 0.3 is 0 Å². The summed E-state index contributed by atoms with van der Waals surface area (Å²) >= 11 is 0. The standard InChI is InChI=1S/C21H25N5O2/c1-14-6-8-17(9-7-14)28-15(2)21(27)26-12-4-5-16(13-26)18-19-20(25(3)24-18)23-11-10-22-19/h6-11,15-16H,4-5,12-13H2,1-3H3/t15-,16-/m0/s1. The molecule has 7 nitrogen and oxygen atoms in total. The molecule has 146 valence electrons. The van der Waals surface area contributed by atoms with Gasteiger partial charge in [-0.05, 0) is 38.8 Å². The molecule has 3 aromatic rings. The molecule has 2 atom stereocenters. The highest BCUT2D eigenvalue weighted by molar-refractivity contribution is 5.81. The fourth-order valence-electron chi connectivity index (χ4n) is 3.81. The molecule has 1 amide bonds. The number of hydrogen-bond acceptors (Lipinski definition) is 5. The highest BCUT2D eigenvalue weighted by Crippen LogP contribution is 2.30. The van der Waals surface area contributed by atoms with Crippen molar-refractivity contribution in [1.29, 1.82) is 0 Å². The zero-order valence-corrected chi connectivity index (χ0v) is 16.5. The highest BCUT2D eigenvalue weighted by Gasteiger charge is 2.31. The van der Waals surface area contributed by atoms with Crippen molar-refractivity contribution in [1.82, 2.24) is 24.6 Å². The minimum absolute atomic E-state index is 0.0107. The molecule has 0 unspecified atom stereocenters. The van der Waals surface area contributed by atoms with E-state index in [4.69, 9.17) is 4.74 Å². The van der Waals surface area contributed by atoms with Gasteiger partial charge in [0.2, 0.25) is 0 Å². The molecule has 0 aliphatic carbocycles. The molecule has 1 aliphatic heterocycles. The maximum Gasteiger partial charge on any atom is 0.263 e. The Balaban J connectivity index is 1.48. The van der Waals surface area contributed by atoms with Crippen molar-refractivity contribution in [2.24, 2.45) is 7.05 Å². The first-order valence-electron chi connectivity index (χ1n) is 9.68. The Kier molecular flexibility index (Phi) is 4.98. The molecular formula is C21H25N5O2. The van der Waals surface area contributed by atoms with E-state index in [0.29, 0.717) is 12.3 Å². The molecule has 0 radical (unpaired) electrons. The molecule has 4 rings (SSSR count). The monoisotopic (exact) mass is 379 g/mol. The van der Waals surface area contributed by atoms with Gasteiger partial charge in [-0.15, -0.1) is 0 Å². The Morgan fingerprint density at radius 3 is 2.75 bits per heavy atom. The molecule has 0 N–H and O–H groups in total. The van der Waals surface area contributed by atoms with Gasteiger partial charge in [0, 0.05) is 38.4 Å². The second-order valence-electron chi connectivity index (χ2n) is 7.43. The van der Waals surface area contributed by atoms with Gasteiger partial charge in [0.25, 0.3) is 5.91 Å². The van der Waals surface area contributed by atoms with Crippen molar-refractivity contribution < 1.29 is 9.53 Å². The smallest absolute Gasteiger partial charge is 0.263 e. The van der Waals surface area contributed by atoms with Crippen LogP contribution in [0.5, 0.6) is 5.75 Å². The number of piperidine rings is 1. The Labute approximate surface area is 164 Å². The molecule has 0 bridgehead atoms. The Hall–Kier alpha value is -2.96. The normalized spacial score (nSPS) is 18.2. The van der Waals surface area contributed by atoms with Crippen LogP contribution in [0.25, 0.3) is 11.2 Å². The Morgan fingerprint density at radius 2 is 1.96 bits per heavy atom. The van der Waals surface area contributed by atoms with Crippen LogP contribution in [0.15, 0.2) is 36.7 Å². The number of likely N-dealkylation sites (tertiary alicyclic amines) is 1. The van der Waals surface area contributed by atoms with E-state index >= 15 is 0 Å². The minimum Gasteiger partial charge on any atom is -0.481 e. The summed E-state index contributed by atoms with van der Waals surface area (Å²) in [7, 11) is 1.88. The van der Waals surface area contributed by atoms with Gasteiger partial charge < -0.3 is 9.64 Å². The molecule has 1 saturated heterocycles. The minimum atomic E-state index is -0.526. The van der Waals surface area contributed by atoms with Gasteiger partial charge in [0.1, 0.15) is 11.3 Å². The van der Waals surface area contributed by atoms with Gasteiger partial charge in [-0.1, -0.05) is 17.7 Å². The summed E-state index contributed by atoms with van der Waals surface area (Å²) in [5, 5.41) is 4.65. The predicted molar refractivity (Wildman–Crippen MR) is 106 cm³/mol. The van der Waals surface area contributed by atoms with E-state index in [1.165, 1.54) is 0 Å². The van der Waals surface area contributed by atoms with Gasteiger partial charge in [0.05, 0.1) is 5.69 Å². The fraction of sp³-hybridized carbons (Fsp3) is 0.429. The van der Waals surface area contributed by atoms with Crippen LogP contribution in [0.1, 0.15) is 36.9 Å². The van der Waals surface area contributed by atoms with E-state index < -0.39 is 6.10 Å². The molecule has 1 aromatic carbocycles. The van der Waals surface area contributed by atoms with Crippen LogP contribution in [-0.2, 0) is 11.8 Å². The van der Waals surface area contributed by atoms with Crippen LogP contribution in [0.4, 0.5) is 0 Å². The van der Waals surface area contributed by atoms with E-state index in [-0.39, 0.29) is 11.8 Å². The number of hydrogen-bond donors (Lipinski definition) is 0. The summed E-state index contributed by atoms with van der Waals surface area (Å²) in [6, 6.07) is 7.76. The topological polar surface area (TPSA) is 73.1 Å². The van der Waals surface area contributed by atoms with E-state index in [1.807, 2.05) is 50.1 Å². The lowest BCUT2D eigenvalue weighted by Gasteiger charge is -2.33. The summed E-state index contributed by atoms with van der Waals surface area (Å²) in [4.78, 5) is 23.7. The average molecular weight is 379 g/mol. The SMILES string of the molecule is Cc1ccc(O[C@@H](C)C(=O)N2CCC[C@H](c3nn(C)c4nccnc34)C2)cc1. The number of carbonyl (C=O) groups excluding carboxylic acids is 1. The second kappa shape index (κ2) is 7.58. The summed E-state index contributed by atoms with van der Waals surface area (Å²) in [6.45, 7) is 5.21. The lowest BCUT2D eigenvalue weighted by molar-refractivity contribution is -0.139. The Bertz CT molecular complexity index is 982. The molecule has 0 spiro atoms. The number of amides is 1. The van der Waals surface area contributed by atoms with E-state index in [1.54, 1.807) is 17.1 Å². The molecular weight excluding hydrogens is 354 g/mol. The molecule has 3 heterocycles. The number of ether oxygens (including phenoxy) is 1. The van der Waals surface area contributed by atoms with Crippen LogP contribution < -0.4 is 4.74 Å². The van der Waals surface area contributed by atoms with Crippen LogP contribution in [0.3, 0.4) is 0 Å². The molecule has 0 saturated carbocycles. The van der Waals surface area contributed by atoms with Gasteiger partial charge in [0.15, 0.2) is 11.8 Å². The second-order valence-corrected chi connectivity index (χ2v) is 7.43. The summed E-state index contributed by atoms with van der Waals surface area (Å²) in [5.74, 6) is 0.882. The third-order valence-electron chi connectivity index (χ3n) is 5.29. The molecule has 28 heavy (non-hydrogen) atoms. The molecule has 1 fully saturated rings. The third-order valence-corrected chi connectivity index (χ3v) is 5.29. The van der Waals surface area contributed by atoms with Crippen molar-refractivity contribution in [3.05, 3.63) is 47.9 Å². The third kappa shape index (κ3) is 3.56. The lowest BCUT2D eigenvalue weighted by Crippen LogP contribution is -2.45. The highest BCUT2D eigenvalue weighted by atomic mass is 16.5. The van der Waals surface area contributed by atoms with Crippen LogP contribution in [0, 0.1) is 6.92 Å². The maximum atomic E-state index is 13.0. The molecule has 7 heteroatoms. The lowest BCUT2D eigenvalue weighted by atomic mass is 9.94. The number of aromatic nitrogens is 4. The fourth-order valence-corrected chi connectivity index (χ4v) is 3.81. The largest absolute Gasteiger partial charge is 0.481 e. The summed E-state index contributed by atoms with van der Waals surface area (Å²) in [6.07, 6.45) is 4.76. The van der Waals surface area contributed by atoms with E-state index in [2.05, 4.69) is 15.1 Å². The van der Waals surface area contributed by atoms with Gasteiger partial charge in [-0.3, -0.25) is 4.79 Å². The number of nitrogens with zero attached hydrogens (tertiary/aromatic N) is 5. The van der Waals surface area contributed by atoms with Gasteiger partial charge in [-0.2, -0.15) is 5.10 Å². The van der Waals surface area contributed by atoms with E-state index in [0.717, 1.165) is 41.8 Å². The first-order chi connectivity index (χ1) is 13.5. The van der Waals surface area contributed by atoms with Crippen LogP contribution in [0.2, 0.25) is 0 Å². The van der Waals surface area contributed by atoms with E-state index in [9.17, 15) is 4.79 Å². The zero-order valence-electron chi connectivity index (χ0n) is 16.5. The summed E-state index contributed by atoms with van der Waals surface area (Å²) in [5.41, 5.74) is 3.69. The first kappa shape index (κ1) is 18.4. The van der Waals surface area contributed by atoms with Crippen LogP contribution in [-0.4, -0.2) is 49.7 Å². The first-order valence-corrected chi connectivity index (χ1v) is 9.68. The van der Waals surface area contributed by atoms with Crippen molar-refractivity contribution in [2.45, 2.75) is 38.7 Å². The van der Waals surface area contributed by atoms with Crippen LogP contribution >= 0.6 is 0 Å². The number of carbonyl (C=O) groups is 1. The number of benzene rings is 1. The Morgan fingerprint density at radius 1 is 1.21 bits per heavy atom.